The van der Waals surface area contributed by atoms with Crippen LogP contribution in [0.1, 0.15) is 71.6 Å². The topological polar surface area (TPSA) is 12.0 Å². The maximum atomic E-state index is 5.23. The van der Waals surface area contributed by atoms with Crippen molar-refractivity contribution in [2.75, 3.05) is 0 Å². The fraction of sp³-hybridized carbons (Fsp3) is 0.571. The first-order valence-electron chi connectivity index (χ1n) is 8.89. The highest BCUT2D eigenvalue weighted by Crippen LogP contribution is 2.45. The Morgan fingerprint density at radius 2 is 1.70 bits per heavy atom. The Morgan fingerprint density at radius 1 is 1.13 bits per heavy atom. The molecule has 1 N–H and O–H groups in total. The number of thiocarbonyl (C=S) groups is 1. The average Bonchev–Trinajstić information content (AvgIpc) is 2.87. The summed E-state index contributed by atoms with van der Waals surface area (Å²) in [7, 11) is 0. The second-order valence-corrected chi connectivity index (χ2v) is 7.13. The van der Waals surface area contributed by atoms with Gasteiger partial charge in [0.05, 0.1) is 12.1 Å². The van der Waals surface area contributed by atoms with Crippen molar-refractivity contribution in [1.29, 1.82) is 0 Å². The summed E-state index contributed by atoms with van der Waals surface area (Å²) in [4.78, 5) is 0. The van der Waals surface area contributed by atoms with Gasteiger partial charge in [-0.15, -0.1) is 0 Å². The Labute approximate surface area is 148 Å². The molecule has 0 saturated carbocycles. The van der Waals surface area contributed by atoms with Crippen molar-refractivity contribution in [1.82, 2.24) is 5.32 Å². The van der Waals surface area contributed by atoms with Crippen LogP contribution >= 0.6 is 12.2 Å². The molecule has 1 heterocycles. The molecule has 2 atom stereocenters. The van der Waals surface area contributed by atoms with E-state index in [9.17, 15) is 0 Å². The van der Waals surface area contributed by atoms with E-state index in [4.69, 9.17) is 12.2 Å². The van der Waals surface area contributed by atoms with Crippen LogP contribution in [0.4, 0.5) is 0 Å². The smallest absolute Gasteiger partial charge is 0.0577 e. The van der Waals surface area contributed by atoms with E-state index in [-0.39, 0.29) is 17.5 Å². The van der Waals surface area contributed by atoms with Crippen LogP contribution in [0.5, 0.6) is 0 Å². The Balaban J connectivity index is 0.00000127. The third kappa shape index (κ3) is 4.51. The quantitative estimate of drug-likeness (QED) is 0.511. The van der Waals surface area contributed by atoms with Crippen LogP contribution in [0, 0.1) is 12.3 Å². The highest BCUT2D eigenvalue weighted by Gasteiger charge is 2.38. The van der Waals surface area contributed by atoms with Crippen LogP contribution in [0.2, 0.25) is 0 Å². The van der Waals surface area contributed by atoms with Crippen molar-refractivity contribution in [2.24, 2.45) is 5.41 Å². The van der Waals surface area contributed by atoms with Crippen molar-refractivity contribution >= 4 is 17.6 Å². The normalized spacial score (nSPS) is 21.0. The van der Waals surface area contributed by atoms with Gasteiger partial charge in [-0.05, 0) is 36.8 Å². The summed E-state index contributed by atoms with van der Waals surface area (Å²) in [6.07, 6.45) is 2.40. The molecule has 0 aliphatic carbocycles. The number of nitrogens with one attached hydrogen (secondary N) is 1. The summed E-state index contributed by atoms with van der Waals surface area (Å²) in [6, 6.07) is 9.39. The number of rotatable bonds is 5. The first-order chi connectivity index (χ1) is 10.9. The van der Waals surface area contributed by atoms with Crippen molar-refractivity contribution < 1.29 is 0 Å². The Bertz CT molecular complexity index is 539. The molecular formula is C21H33NS. The lowest BCUT2D eigenvalue weighted by molar-refractivity contribution is 0.374. The molecule has 0 fully saturated rings. The molecule has 0 saturated heterocycles. The summed E-state index contributed by atoms with van der Waals surface area (Å²) < 4.78 is 0. The van der Waals surface area contributed by atoms with Gasteiger partial charge in [0.1, 0.15) is 0 Å². The minimum atomic E-state index is 0.203. The fourth-order valence-electron chi connectivity index (χ4n) is 3.63. The maximum Gasteiger partial charge on any atom is 0.0577 e. The van der Waals surface area contributed by atoms with Crippen LogP contribution in [-0.4, -0.2) is 11.4 Å². The molecule has 23 heavy (non-hydrogen) atoms. The lowest BCUT2D eigenvalue weighted by atomic mass is 9.74. The molecule has 0 radical (unpaired) electrons. The van der Waals surface area contributed by atoms with Gasteiger partial charge in [0.25, 0.3) is 0 Å². The van der Waals surface area contributed by atoms with Gasteiger partial charge in [0.2, 0.25) is 0 Å². The van der Waals surface area contributed by atoms with E-state index in [1.807, 2.05) is 19.2 Å². The molecule has 1 aliphatic rings. The summed E-state index contributed by atoms with van der Waals surface area (Å²) >= 11 is 5.23. The lowest BCUT2D eigenvalue weighted by Gasteiger charge is -2.32. The molecule has 0 amide bonds. The Kier molecular flexibility index (Phi) is 7.63. The standard InChI is InChI=1S/C19H27NS.C2H6/c1-6-11-19(4,5)17-14(3)16(12-21)20-18(17)15-9-7-13(2)8-10-15;1-2/h7-10,12,16,18,20H,6,11H2,1-5H3;1-2H3. The summed E-state index contributed by atoms with van der Waals surface area (Å²) in [5.74, 6) is 0. The third-order valence-corrected chi connectivity index (χ3v) is 4.95. The van der Waals surface area contributed by atoms with E-state index < -0.39 is 0 Å². The molecule has 2 heteroatoms. The highest BCUT2D eigenvalue weighted by atomic mass is 32.1. The summed E-state index contributed by atoms with van der Waals surface area (Å²) in [5, 5.41) is 5.57. The SMILES string of the molecule is CC.CCCC(C)(C)C1=C(C)C(C=S)NC1c1ccc(C)cc1. The highest BCUT2D eigenvalue weighted by molar-refractivity contribution is 7.79. The van der Waals surface area contributed by atoms with Gasteiger partial charge in [-0.25, -0.2) is 0 Å². The molecule has 1 nitrogen and oxygen atoms in total. The monoisotopic (exact) mass is 331 g/mol. The van der Waals surface area contributed by atoms with Gasteiger partial charge in [0, 0.05) is 5.37 Å². The second-order valence-electron chi connectivity index (χ2n) is 6.85. The van der Waals surface area contributed by atoms with Crippen molar-refractivity contribution in [3.63, 3.8) is 0 Å². The molecule has 2 rings (SSSR count). The first kappa shape index (κ1) is 20.1. The lowest BCUT2D eigenvalue weighted by Crippen LogP contribution is -2.29. The van der Waals surface area contributed by atoms with Crippen LogP contribution < -0.4 is 5.32 Å². The van der Waals surface area contributed by atoms with Gasteiger partial charge < -0.3 is 0 Å². The van der Waals surface area contributed by atoms with E-state index in [0.717, 1.165) is 0 Å². The Morgan fingerprint density at radius 3 is 2.17 bits per heavy atom. The van der Waals surface area contributed by atoms with Gasteiger partial charge in [-0.1, -0.05) is 88.7 Å². The molecular weight excluding hydrogens is 298 g/mol. The molecule has 0 aromatic heterocycles. The third-order valence-electron chi connectivity index (χ3n) is 4.68. The number of aryl methyl sites for hydroxylation is 1. The second kappa shape index (κ2) is 8.75. The zero-order chi connectivity index (χ0) is 17.6. The minimum absolute atomic E-state index is 0.203. The van der Waals surface area contributed by atoms with E-state index in [1.54, 1.807) is 0 Å². The van der Waals surface area contributed by atoms with Gasteiger partial charge in [-0.3, -0.25) is 5.32 Å². The van der Waals surface area contributed by atoms with E-state index in [1.165, 1.54) is 35.1 Å². The predicted molar refractivity (Wildman–Crippen MR) is 107 cm³/mol. The van der Waals surface area contributed by atoms with Crippen LogP contribution in [0.15, 0.2) is 35.4 Å². The molecule has 1 aromatic carbocycles. The summed E-state index contributed by atoms with van der Waals surface area (Å²) in [5.41, 5.74) is 5.79. The number of hydrogen-bond donors (Lipinski definition) is 1. The van der Waals surface area contributed by atoms with Crippen molar-refractivity contribution in [3.8, 4) is 0 Å². The van der Waals surface area contributed by atoms with Crippen molar-refractivity contribution in [2.45, 2.75) is 73.4 Å². The fourth-order valence-corrected chi connectivity index (χ4v) is 3.91. The van der Waals surface area contributed by atoms with Crippen LogP contribution in [0.3, 0.4) is 0 Å². The zero-order valence-corrected chi connectivity index (χ0v) is 16.7. The van der Waals surface area contributed by atoms with Crippen LogP contribution in [0.25, 0.3) is 0 Å². The predicted octanol–water partition coefficient (Wildman–Crippen LogP) is 6.18. The van der Waals surface area contributed by atoms with Crippen molar-refractivity contribution in [3.05, 3.63) is 46.5 Å². The van der Waals surface area contributed by atoms with Crippen LogP contribution in [-0.2, 0) is 0 Å². The molecule has 0 spiro atoms. The molecule has 1 aliphatic heterocycles. The van der Waals surface area contributed by atoms with Gasteiger partial charge in [-0.2, -0.15) is 0 Å². The zero-order valence-electron chi connectivity index (χ0n) is 15.9. The minimum Gasteiger partial charge on any atom is -0.296 e. The Hall–Kier alpha value is -0.990. The first-order valence-corrected chi connectivity index (χ1v) is 9.37. The number of benzene rings is 1. The number of hydrogen-bond acceptors (Lipinski definition) is 2. The molecule has 0 bridgehead atoms. The summed E-state index contributed by atoms with van der Waals surface area (Å²) in [6.45, 7) is 15.4. The van der Waals surface area contributed by atoms with E-state index in [0.29, 0.717) is 0 Å². The molecule has 1 aromatic rings. The van der Waals surface area contributed by atoms with E-state index >= 15 is 0 Å². The van der Waals surface area contributed by atoms with Gasteiger partial charge in [0.15, 0.2) is 0 Å². The molecule has 128 valence electrons. The molecule has 2 unspecified atom stereocenters. The van der Waals surface area contributed by atoms with Gasteiger partial charge >= 0.3 is 0 Å². The van der Waals surface area contributed by atoms with E-state index in [2.05, 4.69) is 64.2 Å². The maximum absolute atomic E-state index is 5.23. The average molecular weight is 332 g/mol. The largest absolute Gasteiger partial charge is 0.296 e.